The van der Waals surface area contributed by atoms with Gasteiger partial charge in [0.15, 0.2) is 0 Å². The molecule has 0 aromatic carbocycles. The molecular formula is C9H9N5S. The predicted molar refractivity (Wildman–Crippen MR) is 60.2 cm³/mol. The van der Waals surface area contributed by atoms with Gasteiger partial charge in [-0.1, -0.05) is 11.3 Å². The summed E-state index contributed by atoms with van der Waals surface area (Å²) in [5, 5.41) is 19.5. The van der Waals surface area contributed by atoms with Crippen LogP contribution in [0.4, 0.5) is 5.13 Å². The molecule has 0 saturated heterocycles. The number of nitrogens with zero attached hydrogens (tertiary/aromatic N) is 3. The first kappa shape index (κ1) is 9.72. The number of hydrogen-bond acceptors (Lipinski definition) is 5. The van der Waals surface area contributed by atoms with Gasteiger partial charge in [0.2, 0.25) is 5.13 Å². The number of pyridine rings is 1. The average molecular weight is 219 g/mol. The molecule has 2 N–H and O–H groups in total. The molecule has 0 saturated carbocycles. The first-order chi connectivity index (χ1) is 7.25. The van der Waals surface area contributed by atoms with E-state index in [-0.39, 0.29) is 0 Å². The third kappa shape index (κ3) is 2.35. The van der Waals surface area contributed by atoms with Gasteiger partial charge < -0.3 is 5.32 Å². The summed E-state index contributed by atoms with van der Waals surface area (Å²) in [5.74, 6) is 0.354. The first-order valence-electron chi connectivity index (χ1n) is 4.32. The quantitative estimate of drug-likeness (QED) is 0.598. The molecule has 0 radical (unpaired) electrons. The van der Waals surface area contributed by atoms with Gasteiger partial charge in [-0.2, -0.15) is 0 Å². The van der Waals surface area contributed by atoms with Crippen LogP contribution in [0, 0.1) is 5.41 Å². The van der Waals surface area contributed by atoms with Gasteiger partial charge in [0.1, 0.15) is 5.01 Å². The largest absolute Gasteiger partial charge is 0.319 e. The van der Waals surface area contributed by atoms with Crippen molar-refractivity contribution in [2.24, 2.45) is 0 Å². The van der Waals surface area contributed by atoms with E-state index in [4.69, 9.17) is 5.41 Å². The van der Waals surface area contributed by atoms with Crippen LogP contribution in [0.5, 0.6) is 0 Å². The Kier molecular flexibility index (Phi) is 2.68. The number of anilines is 1. The van der Waals surface area contributed by atoms with Crippen LogP contribution >= 0.6 is 11.3 Å². The second kappa shape index (κ2) is 4.14. The van der Waals surface area contributed by atoms with Crippen LogP contribution < -0.4 is 5.32 Å². The van der Waals surface area contributed by atoms with Crippen molar-refractivity contribution in [3.8, 4) is 10.6 Å². The van der Waals surface area contributed by atoms with Crippen LogP contribution in [-0.4, -0.2) is 21.0 Å². The first-order valence-corrected chi connectivity index (χ1v) is 5.13. The van der Waals surface area contributed by atoms with Crippen LogP contribution in [0.15, 0.2) is 24.5 Å². The highest BCUT2D eigenvalue weighted by Gasteiger charge is 2.05. The Balaban J connectivity index is 2.24. The maximum Gasteiger partial charge on any atom is 0.211 e. The summed E-state index contributed by atoms with van der Waals surface area (Å²) in [4.78, 5) is 3.93. The summed E-state index contributed by atoms with van der Waals surface area (Å²) in [6, 6.07) is 3.75. The van der Waals surface area contributed by atoms with Crippen molar-refractivity contribution in [1.82, 2.24) is 15.2 Å². The predicted octanol–water partition coefficient (Wildman–Crippen LogP) is 2.01. The fraction of sp³-hybridized carbons (Fsp3) is 0.111. The van der Waals surface area contributed by atoms with Gasteiger partial charge in [-0.25, -0.2) is 0 Å². The molecule has 0 fully saturated rings. The van der Waals surface area contributed by atoms with E-state index in [9.17, 15) is 0 Å². The zero-order valence-corrected chi connectivity index (χ0v) is 8.88. The molecule has 2 heterocycles. The van der Waals surface area contributed by atoms with Crippen LogP contribution in [0.3, 0.4) is 0 Å². The highest BCUT2D eigenvalue weighted by molar-refractivity contribution is 7.18. The molecule has 5 nitrogen and oxygen atoms in total. The number of aromatic nitrogens is 3. The Morgan fingerprint density at radius 1 is 1.33 bits per heavy atom. The molecule has 0 unspecified atom stereocenters. The zero-order valence-electron chi connectivity index (χ0n) is 8.06. The minimum atomic E-state index is 0.354. The van der Waals surface area contributed by atoms with E-state index in [1.54, 1.807) is 19.3 Å². The Morgan fingerprint density at radius 2 is 2.07 bits per heavy atom. The third-order valence-electron chi connectivity index (χ3n) is 1.65. The van der Waals surface area contributed by atoms with Crippen LogP contribution in [0.1, 0.15) is 6.92 Å². The van der Waals surface area contributed by atoms with Crippen LogP contribution in [-0.2, 0) is 0 Å². The molecule has 0 atom stereocenters. The number of rotatable bonds is 2. The Hall–Kier alpha value is -1.82. The van der Waals surface area contributed by atoms with Crippen molar-refractivity contribution in [3.63, 3.8) is 0 Å². The summed E-state index contributed by atoms with van der Waals surface area (Å²) >= 11 is 1.41. The lowest BCUT2D eigenvalue weighted by Gasteiger charge is -1.94. The molecule has 0 aliphatic carbocycles. The highest BCUT2D eigenvalue weighted by Crippen LogP contribution is 2.25. The van der Waals surface area contributed by atoms with E-state index in [1.807, 2.05) is 12.1 Å². The fourth-order valence-corrected chi connectivity index (χ4v) is 1.85. The van der Waals surface area contributed by atoms with Crippen molar-refractivity contribution in [2.75, 3.05) is 5.32 Å². The minimum Gasteiger partial charge on any atom is -0.319 e. The zero-order chi connectivity index (χ0) is 10.7. The van der Waals surface area contributed by atoms with Crippen molar-refractivity contribution >= 4 is 22.3 Å². The third-order valence-corrected chi connectivity index (χ3v) is 2.53. The van der Waals surface area contributed by atoms with Crippen LogP contribution in [0.2, 0.25) is 0 Å². The normalized spacial score (nSPS) is 9.93. The topological polar surface area (TPSA) is 74.6 Å². The Bertz CT molecular complexity index is 464. The lowest BCUT2D eigenvalue weighted by molar-refractivity contribution is 1.10. The molecule has 0 aliphatic rings. The van der Waals surface area contributed by atoms with Gasteiger partial charge in [-0.15, -0.1) is 10.2 Å². The smallest absolute Gasteiger partial charge is 0.211 e. The highest BCUT2D eigenvalue weighted by atomic mass is 32.1. The van der Waals surface area contributed by atoms with Gasteiger partial charge in [-0.05, 0) is 19.1 Å². The van der Waals surface area contributed by atoms with Gasteiger partial charge in [0.05, 0.1) is 5.84 Å². The molecular weight excluding hydrogens is 210 g/mol. The number of hydrogen-bond donors (Lipinski definition) is 2. The molecule has 76 valence electrons. The lowest BCUT2D eigenvalue weighted by Crippen LogP contribution is -2.03. The summed E-state index contributed by atoms with van der Waals surface area (Å²) in [5.41, 5.74) is 0.984. The maximum atomic E-state index is 7.26. The lowest BCUT2D eigenvalue weighted by atomic mass is 10.3. The van der Waals surface area contributed by atoms with E-state index in [2.05, 4.69) is 20.5 Å². The molecule has 15 heavy (non-hydrogen) atoms. The summed E-state index contributed by atoms with van der Waals surface area (Å²) in [6.07, 6.45) is 3.43. The Morgan fingerprint density at radius 3 is 2.73 bits per heavy atom. The van der Waals surface area contributed by atoms with E-state index < -0.39 is 0 Å². The van der Waals surface area contributed by atoms with Gasteiger partial charge in [0.25, 0.3) is 0 Å². The molecule has 6 heteroatoms. The monoisotopic (exact) mass is 219 g/mol. The van der Waals surface area contributed by atoms with Crippen LogP contribution in [0.25, 0.3) is 10.6 Å². The number of nitrogens with one attached hydrogen (secondary N) is 2. The van der Waals surface area contributed by atoms with E-state index in [0.29, 0.717) is 11.0 Å². The van der Waals surface area contributed by atoms with Crippen molar-refractivity contribution in [2.45, 2.75) is 6.92 Å². The average Bonchev–Trinajstić information content (AvgIpc) is 2.67. The van der Waals surface area contributed by atoms with E-state index >= 15 is 0 Å². The van der Waals surface area contributed by atoms with Gasteiger partial charge >= 0.3 is 0 Å². The second-order valence-electron chi connectivity index (χ2n) is 2.90. The SMILES string of the molecule is CC(=N)Nc1nnc(-c2ccncc2)s1. The number of amidine groups is 1. The van der Waals surface area contributed by atoms with E-state index in [0.717, 1.165) is 10.6 Å². The molecule has 0 spiro atoms. The maximum absolute atomic E-state index is 7.26. The molecule has 0 bridgehead atoms. The van der Waals surface area contributed by atoms with Crippen molar-refractivity contribution in [1.29, 1.82) is 5.41 Å². The minimum absolute atomic E-state index is 0.354. The van der Waals surface area contributed by atoms with Gasteiger partial charge in [0, 0.05) is 18.0 Å². The summed E-state index contributed by atoms with van der Waals surface area (Å²) in [7, 11) is 0. The fourth-order valence-electron chi connectivity index (χ4n) is 1.05. The second-order valence-corrected chi connectivity index (χ2v) is 3.88. The molecule has 2 aromatic heterocycles. The molecule has 0 aliphatic heterocycles. The Labute approximate surface area is 90.7 Å². The van der Waals surface area contributed by atoms with Crippen molar-refractivity contribution < 1.29 is 0 Å². The molecule has 2 aromatic rings. The van der Waals surface area contributed by atoms with Crippen molar-refractivity contribution in [3.05, 3.63) is 24.5 Å². The molecule has 2 rings (SSSR count). The van der Waals surface area contributed by atoms with Gasteiger partial charge in [-0.3, -0.25) is 10.4 Å². The molecule has 0 amide bonds. The summed E-state index contributed by atoms with van der Waals surface area (Å²) < 4.78 is 0. The summed E-state index contributed by atoms with van der Waals surface area (Å²) in [6.45, 7) is 1.66. The standard InChI is InChI=1S/C9H9N5S/c1-6(10)12-9-14-13-8(15-9)7-2-4-11-5-3-7/h2-5H,1H3,(H2,10,12,14). The van der Waals surface area contributed by atoms with E-state index in [1.165, 1.54) is 11.3 Å².